The molecular weight excluding hydrogens is 312 g/mol. The zero-order valence-corrected chi connectivity index (χ0v) is 12.0. The molecule has 0 bridgehead atoms. The van der Waals surface area contributed by atoms with Gasteiger partial charge in [-0.2, -0.15) is 5.26 Å². The number of rotatable bonds is 2. The number of nitrogens with zero attached hydrogens (tertiary/aromatic N) is 1. The van der Waals surface area contributed by atoms with Crippen molar-refractivity contribution in [3.05, 3.63) is 57.0 Å². The Morgan fingerprint density at radius 2 is 2.00 bits per heavy atom. The molecule has 0 atom stereocenters. The summed E-state index contributed by atoms with van der Waals surface area (Å²) in [5.74, 6) is 0. The molecule has 0 aliphatic carbocycles. The molecular formula is C14H10BrClN2. The Kier molecular flexibility index (Phi) is 3.90. The van der Waals surface area contributed by atoms with Gasteiger partial charge in [0.1, 0.15) is 6.07 Å². The summed E-state index contributed by atoms with van der Waals surface area (Å²) in [5.41, 5.74) is 3.21. The Balaban J connectivity index is 2.44. The van der Waals surface area contributed by atoms with Crippen molar-refractivity contribution in [2.24, 2.45) is 0 Å². The summed E-state index contributed by atoms with van der Waals surface area (Å²) in [7, 11) is 0. The topological polar surface area (TPSA) is 35.8 Å². The van der Waals surface area contributed by atoms with Crippen molar-refractivity contribution < 1.29 is 0 Å². The lowest BCUT2D eigenvalue weighted by Crippen LogP contribution is -1.95. The van der Waals surface area contributed by atoms with E-state index in [0.29, 0.717) is 16.3 Å². The molecule has 2 rings (SSSR count). The maximum absolute atomic E-state index is 9.12. The van der Waals surface area contributed by atoms with E-state index < -0.39 is 0 Å². The molecule has 0 spiro atoms. The van der Waals surface area contributed by atoms with E-state index in [-0.39, 0.29) is 0 Å². The number of aryl methyl sites for hydroxylation is 1. The summed E-state index contributed by atoms with van der Waals surface area (Å²) >= 11 is 9.47. The quantitative estimate of drug-likeness (QED) is 0.842. The van der Waals surface area contributed by atoms with Crippen LogP contribution in [0.1, 0.15) is 11.1 Å². The number of anilines is 2. The lowest BCUT2D eigenvalue weighted by Gasteiger charge is -2.11. The number of hydrogen-bond donors (Lipinski definition) is 1. The van der Waals surface area contributed by atoms with E-state index in [9.17, 15) is 0 Å². The van der Waals surface area contributed by atoms with Gasteiger partial charge < -0.3 is 5.32 Å². The van der Waals surface area contributed by atoms with Crippen molar-refractivity contribution in [1.29, 1.82) is 5.26 Å². The molecule has 0 aliphatic rings. The molecule has 0 saturated carbocycles. The van der Waals surface area contributed by atoms with E-state index in [1.807, 2.05) is 37.3 Å². The number of benzene rings is 2. The third kappa shape index (κ3) is 2.66. The molecule has 18 heavy (non-hydrogen) atoms. The first-order chi connectivity index (χ1) is 8.61. The first-order valence-electron chi connectivity index (χ1n) is 5.33. The van der Waals surface area contributed by atoms with E-state index in [1.165, 1.54) is 0 Å². The molecule has 0 fully saturated rings. The molecule has 2 nitrogen and oxygen atoms in total. The lowest BCUT2D eigenvalue weighted by molar-refractivity contribution is 1.42. The third-order valence-corrected chi connectivity index (χ3v) is 3.52. The molecule has 0 radical (unpaired) electrons. The Morgan fingerprint density at radius 3 is 2.72 bits per heavy atom. The highest BCUT2D eigenvalue weighted by Gasteiger charge is 2.08. The fourth-order valence-corrected chi connectivity index (χ4v) is 2.18. The summed E-state index contributed by atoms with van der Waals surface area (Å²) in [4.78, 5) is 0. The zero-order chi connectivity index (χ0) is 13.1. The zero-order valence-electron chi connectivity index (χ0n) is 9.67. The Bertz CT molecular complexity index is 632. The van der Waals surface area contributed by atoms with Gasteiger partial charge in [-0.15, -0.1) is 0 Å². The highest BCUT2D eigenvalue weighted by molar-refractivity contribution is 9.10. The largest absolute Gasteiger partial charge is 0.353 e. The molecule has 90 valence electrons. The van der Waals surface area contributed by atoms with Crippen LogP contribution in [0.25, 0.3) is 0 Å². The number of nitrogens with one attached hydrogen (secondary N) is 1. The van der Waals surface area contributed by atoms with E-state index in [2.05, 4.69) is 27.3 Å². The second-order valence-corrected chi connectivity index (χ2v) is 5.14. The minimum atomic E-state index is 0.450. The summed E-state index contributed by atoms with van der Waals surface area (Å²) in [6, 6.07) is 13.4. The highest BCUT2D eigenvalue weighted by atomic mass is 79.9. The van der Waals surface area contributed by atoms with E-state index in [1.54, 1.807) is 6.07 Å². The molecule has 2 aromatic rings. The predicted octanol–water partition coefficient (Wildman–Crippen LogP) is 5.03. The average molecular weight is 322 g/mol. The maximum Gasteiger partial charge on any atom is 0.103 e. The summed E-state index contributed by atoms with van der Waals surface area (Å²) in [5, 5.41) is 12.8. The third-order valence-electron chi connectivity index (χ3n) is 2.52. The van der Waals surface area contributed by atoms with Gasteiger partial charge in [-0.1, -0.05) is 23.7 Å². The Hall–Kier alpha value is -1.50. The lowest BCUT2D eigenvalue weighted by atomic mass is 10.1. The van der Waals surface area contributed by atoms with Gasteiger partial charge in [-0.3, -0.25) is 0 Å². The monoisotopic (exact) mass is 320 g/mol. The van der Waals surface area contributed by atoms with Crippen LogP contribution in [-0.2, 0) is 0 Å². The van der Waals surface area contributed by atoms with Crippen LogP contribution in [0, 0.1) is 18.3 Å². The molecule has 0 aliphatic heterocycles. The van der Waals surface area contributed by atoms with Gasteiger partial charge in [0.05, 0.1) is 22.0 Å². The van der Waals surface area contributed by atoms with E-state index >= 15 is 0 Å². The molecule has 1 N–H and O–H groups in total. The first-order valence-corrected chi connectivity index (χ1v) is 6.50. The SMILES string of the molecule is Cc1ccc(Br)c(Nc2cccc(Cl)c2C#N)c1. The maximum atomic E-state index is 9.12. The van der Waals surface area contributed by atoms with Crippen LogP contribution in [0.15, 0.2) is 40.9 Å². The normalized spacial score (nSPS) is 9.89. The summed E-state index contributed by atoms with van der Waals surface area (Å²) < 4.78 is 0.942. The van der Waals surface area contributed by atoms with Crippen LogP contribution in [0.2, 0.25) is 5.02 Å². The first kappa shape index (κ1) is 12.9. The number of hydrogen-bond acceptors (Lipinski definition) is 2. The van der Waals surface area contributed by atoms with Crippen LogP contribution in [0.5, 0.6) is 0 Å². The van der Waals surface area contributed by atoms with Crippen molar-refractivity contribution >= 4 is 38.9 Å². The van der Waals surface area contributed by atoms with Gasteiger partial charge in [-0.05, 0) is 52.7 Å². The van der Waals surface area contributed by atoms with E-state index in [0.717, 1.165) is 15.7 Å². The highest BCUT2D eigenvalue weighted by Crippen LogP contribution is 2.30. The minimum Gasteiger partial charge on any atom is -0.353 e. The van der Waals surface area contributed by atoms with Crippen molar-refractivity contribution in [1.82, 2.24) is 0 Å². The van der Waals surface area contributed by atoms with Crippen LogP contribution >= 0.6 is 27.5 Å². The number of halogens is 2. The smallest absolute Gasteiger partial charge is 0.103 e. The van der Waals surface area contributed by atoms with Crippen molar-refractivity contribution in [2.75, 3.05) is 5.32 Å². The van der Waals surface area contributed by atoms with Crippen molar-refractivity contribution in [3.63, 3.8) is 0 Å². The van der Waals surface area contributed by atoms with Gasteiger partial charge in [0, 0.05) is 4.47 Å². The molecule has 0 saturated heterocycles. The van der Waals surface area contributed by atoms with Crippen LogP contribution in [0.4, 0.5) is 11.4 Å². The predicted molar refractivity (Wildman–Crippen MR) is 78.3 cm³/mol. The Labute approximate surface area is 119 Å². The molecule has 2 aromatic carbocycles. The van der Waals surface area contributed by atoms with E-state index in [4.69, 9.17) is 16.9 Å². The second-order valence-electron chi connectivity index (χ2n) is 3.88. The minimum absolute atomic E-state index is 0.450. The van der Waals surface area contributed by atoms with Crippen molar-refractivity contribution in [3.8, 4) is 6.07 Å². The van der Waals surface area contributed by atoms with Gasteiger partial charge in [0.2, 0.25) is 0 Å². The standard InChI is InChI=1S/C14H10BrClN2/c1-9-5-6-11(15)14(7-9)18-13-4-2-3-12(16)10(13)8-17/h2-7,18H,1H3. The molecule has 0 amide bonds. The van der Waals surface area contributed by atoms with Gasteiger partial charge in [0.15, 0.2) is 0 Å². The Morgan fingerprint density at radius 1 is 1.22 bits per heavy atom. The van der Waals surface area contributed by atoms with Crippen LogP contribution in [-0.4, -0.2) is 0 Å². The fourth-order valence-electron chi connectivity index (χ4n) is 1.62. The number of nitriles is 1. The molecule has 0 heterocycles. The van der Waals surface area contributed by atoms with Gasteiger partial charge in [-0.25, -0.2) is 0 Å². The molecule has 0 unspecified atom stereocenters. The molecule has 4 heteroatoms. The molecule has 0 aromatic heterocycles. The fraction of sp³-hybridized carbons (Fsp3) is 0.0714. The van der Waals surface area contributed by atoms with Crippen LogP contribution < -0.4 is 5.32 Å². The van der Waals surface area contributed by atoms with Crippen LogP contribution in [0.3, 0.4) is 0 Å². The van der Waals surface area contributed by atoms with Gasteiger partial charge >= 0.3 is 0 Å². The summed E-state index contributed by atoms with van der Waals surface area (Å²) in [6.45, 7) is 2.01. The summed E-state index contributed by atoms with van der Waals surface area (Å²) in [6.07, 6.45) is 0. The second kappa shape index (κ2) is 5.43. The average Bonchev–Trinajstić information content (AvgIpc) is 2.34. The van der Waals surface area contributed by atoms with Crippen molar-refractivity contribution in [2.45, 2.75) is 6.92 Å². The van der Waals surface area contributed by atoms with Gasteiger partial charge in [0.25, 0.3) is 0 Å².